The highest BCUT2D eigenvalue weighted by Gasteiger charge is 2.24. The molecule has 10 heteroatoms. The molecular weight excluding hydrogens is 403 g/mol. The zero-order chi connectivity index (χ0) is 22.0. The Morgan fingerprint density at radius 3 is 2.27 bits per heavy atom. The molecule has 0 aliphatic carbocycles. The van der Waals surface area contributed by atoms with Crippen LogP contribution in [0.2, 0.25) is 0 Å². The van der Waals surface area contributed by atoms with Gasteiger partial charge in [-0.1, -0.05) is 0 Å². The quantitative estimate of drug-likeness (QED) is 0.427. The summed E-state index contributed by atoms with van der Waals surface area (Å²) < 4.78 is 49.2. The van der Waals surface area contributed by atoms with Crippen LogP contribution in [0.25, 0.3) is 22.3 Å². The molecule has 6 N–H and O–H groups in total. The van der Waals surface area contributed by atoms with Crippen LogP contribution >= 0.6 is 0 Å². The molecule has 7 nitrogen and oxygen atoms in total. The fourth-order valence-electron chi connectivity index (χ4n) is 3.15. The topological polar surface area (TPSA) is 126 Å². The van der Waals surface area contributed by atoms with Gasteiger partial charge in [0.25, 0.3) is 0 Å². The zero-order valence-electron chi connectivity index (χ0n) is 15.8. The minimum absolute atomic E-state index is 0.0477. The van der Waals surface area contributed by atoms with Crippen molar-refractivity contribution in [1.82, 2.24) is 4.90 Å². The number of hydrogen-bond acceptors (Lipinski definition) is 7. The second-order valence-corrected chi connectivity index (χ2v) is 6.66. The predicted molar refractivity (Wildman–Crippen MR) is 106 cm³/mol. The first-order valence-corrected chi connectivity index (χ1v) is 9.01. The van der Waals surface area contributed by atoms with Crippen molar-refractivity contribution >= 4 is 22.3 Å². The van der Waals surface area contributed by atoms with Gasteiger partial charge in [-0.05, 0) is 18.2 Å². The number of aliphatic hydroxyl groups excluding tert-OH is 2. The van der Waals surface area contributed by atoms with Crippen LogP contribution in [0.1, 0.15) is 5.56 Å². The highest BCUT2D eigenvalue weighted by molar-refractivity contribution is 5.91. The Morgan fingerprint density at radius 2 is 1.67 bits per heavy atom. The molecule has 0 aliphatic heterocycles. The number of nitrogens with two attached hydrogens (primary N) is 2. The van der Waals surface area contributed by atoms with Gasteiger partial charge in [0.1, 0.15) is 11.6 Å². The third-order valence-electron chi connectivity index (χ3n) is 4.68. The fourth-order valence-corrected chi connectivity index (χ4v) is 3.15. The van der Waals surface area contributed by atoms with Gasteiger partial charge in [-0.15, -0.1) is 0 Å². The third-order valence-corrected chi connectivity index (χ3v) is 4.68. The Morgan fingerprint density at radius 1 is 1.00 bits per heavy atom. The zero-order valence-corrected chi connectivity index (χ0v) is 15.8. The summed E-state index contributed by atoms with van der Waals surface area (Å²) in [5, 5.41) is 17.8. The van der Waals surface area contributed by atoms with Crippen LogP contribution in [-0.4, -0.2) is 41.4 Å². The largest absolute Gasteiger partial charge is 0.453 e. The van der Waals surface area contributed by atoms with Crippen LogP contribution in [0.5, 0.6) is 0 Å². The molecule has 160 valence electrons. The maximum atomic E-state index is 15.2. The van der Waals surface area contributed by atoms with Crippen molar-refractivity contribution in [2.75, 3.05) is 37.8 Å². The Labute approximate surface area is 168 Å². The van der Waals surface area contributed by atoms with Gasteiger partial charge in [0, 0.05) is 36.8 Å². The summed E-state index contributed by atoms with van der Waals surface area (Å²) in [6, 6.07) is 4.64. The van der Waals surface area contributed by atoms with E-state index in [0.29, 0.717) is 0 Å². The van der Waals surface area contributed by atoms with E-state index < -0.39 is 45.1 Å². The number of halogens is 3. The minimum atomic E-state index is -1.15. The lowest BCUT2D eigenvalue weighted by atomic mass is 10.1. The predicted octanol–water partition coefficient (Wildman–Crippen LogP) is 1.83. The third kappa shape index (κ3) is 3.97. The smallest absolute Gasteiger partial charge is 0.195 e. The average molecular weight is 423 g/mol. The first-order valence-electron chi connectivity index (χ1n) is 9.01. The lowest BCUT2D eigenvalue weighted by Crippen LogP contribution is -2.30. The summed E-state index contributed by atoms with van der Waals surface area (Å²) in [7, 11) is 0. The summed E-state index contributed by atoms with van der Waals surface area (Å²) in [6.45, 7) is -0.829. The van der Waals surface area contributed by atoms with Crippen molar-refractivity contribution < 1.29 is 27.8 Å². The lowest BCUT2D eigenvalue weighted by Gasteiger charge is -2.21. The summed E-state index contributed by atoms with van der Waals surface area (Å²) in [6.07, 6.45) is 0. The van der Waals surface area contributed by atoms with Gasteiger partial charge < -0.3 is 26.1 Å². The molecule has 30 heavy (non-hydrogen) atoms. The van der Waals surface area contributed by atoms with Gasteiger partial charge in [-0.25, -0.2) is 13.2 Å². The van der Waals surface area contributed by atoms with Gasteiger partial charge in [0.15, 0.2) is 22.6 Å². The second kappa shape index (κ2) is 8.74. The molecule has 2 aromatic carbocycles. The van der Waals surface area contributed by atoms with E-state index in [1.165, 1.54) is 17.0 Å². The van der Waals surface area contributed by atoms with Gasteiger partial charge in [0.2, 0.25) is 0 Å². The Hall–Kier alpha value is -3.08. The SMILES string of the molecule is Nc1ccc(-c2cc(=O)c3c(N)c(F)c(CN(CCO)CCO)c(F)c3o2)cc1F. The van der Waals surface area contributed by atoms with Crippen molar-refractivity contribution in [3.63, 3.8) is 0 Å². The molecule has 0 aliphatic rings. The van der Waals surface area contributed by atoms with E-state index >= 15 is 4.39 Å². The highest BCUT2D eigenvalue weighted by Crippen LogP contribution is 2.32. The van der Waals surface area contributed by atoms with Crippen molar-refractivity contribution in [3.05, 3.63) is 57.5 Å². The van der Waals surface area contributed by atoms with Crippen LogP contribution in [0.3, 0.4) is 0 Å². The summed E-state index contributed by atoms with van der Waals surface area (Å²) in [4.78, 5) is 13.9. The molecule has 0 bridgehead atoms. The van der Waals surface area contributed by atoms with Crippen molar-refractivity contribution in [2.24, 2.45) is 0 Å². The van der Waals surface area contributed by atoms with Crippen LogP contribution in [-0.2, 0) is 6.54 Å². The number of nitrogens with zero attached hydrogens (tertiary/aromatic N) is 1. The molecule has 1 aromatic heterocycles. The number of aliphatic hydroxyl groups is 2. The monoisotopic (exact) mass is 423 g/mol. The molecule has 0 radical (unpaired) electrons. The number of benzene rings is 2. The first-order chi connectivity index (χ1) is 14.3. The second-order valence-electron chi connectivity index (χ2n) is 6.66. The van der Waals surface area contributed by atoms with Gasteiger partial charge in [-0.2, -0.15) is 0 Å². The molecule has 0 saturated heterocycles. The molecule has 0 unspecified atom stereocenters. The molecule has 0 spiro atoms. The Balaban J connectivity index is 2.21. The molecule has 3 rings (SSSR count). The van der Waals surface area contributed by atoms with Crippen LogP contribution in [0, 0.1) is 17.5 Å². The molecule has 0 saturated carbocycles. The molecule has 0 amide bonds. The minimum Gasteiger partial charge on any atom is -0.453 e. The lowest BCUT2D eigenvalue weighted by molar-refractivity contribution is 0.153. The van der Waals surface area contributed by atoms with Crippen molar-refractivity contribution in [2.45, 2.75) is 6.54 Å². The standard InChI is InChI=1S/C20H20F3N3O4/c21-12-7-10(1-2-13(12)24)15-8-14(29)16-19(25)17(22)11(18(23)20(16)30-15)9-26(3-5-27)4-6-28/h1-2,7-8,27-28H,3-6,9,24-25H2. The van der Waals surface area contributed by atoms with Crippen molar-refractivity contribution in [1.29, 1.82) is 0 Å². The Bertz CT molecular complexity index is 1140. The summed E-state index contributed by atoms with van der Waals surface area (Å²) in [5.41, 5.74) is 8.77. The number of anilines is 2. The molecule has 1 heterocycles. The fraction of sp³-hybridized carbons (Fsp3) is 0.250. The van der Waals surface area contributed by atoms with E-state index in [1.807, 2.05) is 0 Å². The molecule has 3 aromatic rings. The molecule has 0 fully saturated rings. The van der Waals surface area contributed by atoms with E-state index in [0.717, 1.165) is 12.1 Å². The maximum absolute atomic E-state index is 15.2. The number of fused-ring (bicyclic) bond motifs is 1. The summed E-state index contributed by atoms with van der Waals surface area (Å²) >= 11 is 0. The number of rotatable bonds is 7. The first kappa shape index (κ1) is 21.6. The van der Waals surface area contributed by atoms with Crippen molar-refractivity contribution in [3.8, 4) is 11.3 Å². The summed E-state index contributed by atoms with van der Waals surface area (Å²) in [5.74, 6) is -3.17. The van der Waals surface area contributed by atoms with Gasteiger partial charge >= 0.3 is 0 Å². The van der Waals surface area contributed by atoms with E-state index in [1.54, 1.807) is 0 Å². The van der Waals surface area contributed by atoms with Crippen LogP contribution < -0.4 is 16.9 Å². The number of hydrogen-bond donors (Lipinski definition) is 4. The van der Waals surface area contributed by atoms with Crippen LogP contribution in [0.4, 0.5) is 24.5 Å². The molecular formula is C20H20F3N3O4. The van der Waals surface area contributed by atoms with Gasteiger partial charge in [0.05, 0.1) is 30.0 Å². The normalized spacial score (nSPS) is 11.5. The van der Waals surface area contributed by atoms with E-state index in [-0.39, 0.29) is 49.9 Å². The van der Waals surface area contributed by atoms with E-state index in [4.69, 9.17) is 26.1 Å². The van der Waals surface area contributed by atoms with E-state index in [2.05, 4.69) is 0 Å². The number of nitrogen functional groups attached to an aromatic ring is 2. The van der Waals surface area contributed by atoms with E-state index in [9.17, 15) is 13.6 Å². The maximum Gasteiger partial charge on any atom is 0.195 e. The average Bonchev–Trinajstić information content (AvgIpc) is 2.71. The van der Waals surface area contributed by atoms with Gasteiger partial charge in [-0.3, -0.25) is 9.69 Å². The van der Waals surface area contributed by atoms with Crippen LogP contribution in [0.15, 0.2) is 33.5 Å². The Kier molecular flexibility index (Phi) is 6.30. The highest BCUT2D eigenvalue weighted by atomic mass is 19.1. The molecule has 0 atom stereocenters.